The summed E-state index contributed by atoms with van der Waals surface area (Å²) in [5, 5.41) is 0. The second kappa shape index (κ2) is 6.55. The van der Waals surface area contributed by atoms with Gasteiger partial charge in [0.1, 0.15) is 5.75 Å². The number of nitrogens with two attached hydrogens (primary N) is 1. The molecule has 2 aromatic rings. The predicted octanol–water partition coefficient (Wildman–Crippen LogP) is 4.66. The van der Waals surface area contributed by atoms with Gasteiger partial charge < -0.3 is 10.5 Å². The summed E-state index contributed by atoms with van der Waals surface area (Å²) in [7, 11) is 0. The third-order valence-corrected chi connectivity index (χ3v) is 4.01. The Balaban J connectivity index is 2.32. The topological polar surface area (TPSA) is 35.2 Å². The van der Waals surface area contributed by atoms with Gasteiger partial charge in [0, 0.05) is 8.95 Å². The molecule has 19 heavy (non-hydrogen) atoms. The first kappa shape index (κ1) is 14.6. The van der Waals surface area contributed by atoms with Crippen molar-refractivity contribution in [3.05, 3.63) is 62.5 Å². The minimum atomic E-state index is -0.178. The van der Waals surface area contributed by atoms with Gasteiger partial charge in [-0.05, 0) is 42.3 Å². The lowest BCUT2D eigenvalue weighted by Crippen LogP contribution is -2.12. The molecule has 0 radical (unpaired) electrons. The zero-order valence-corrected chi connectivity index (χ0v) is 13.7. The van der Waals surface area contributed by atoms with Crippen molar-refractivity contribution in [1.82, 2.24) is 0 Å². The molecule has 0 aliphatic heterocycles. The number of benzene rings is 2. The van der Waals surface area contributed by atoms with Gasteiger partial charge in [0.05, 0.1) is 12.6 Å². The lowest BCUT2D eigenvalue weighted by atomic mass is 9.99. The number of ether oxygens (including phenoxy) is 1. The van der Waals surface area contributed by atoms with Crippen LogP contribution in [-0.4, -0.2) is 6.61 Å². The summed E-state index contributed by atoms with van der Waals surface area (Å²) in [5.41, 5.74) is 8.42. The van der Waals surface area contributed by atoms with Gasteiger partial charge in [-0.3, -0.25) is 0 Å². The minimum absolute atomic E-state index is 0.178. The molecular formula is C15H15Br2NO. The van der Waals surface area contributed by atoms with Gasteiger partial charge in [0.15, 0.2) is 0 Å². The normalized spacial score (nSPS) is 12.2. The van der Waals surface area contributed by atoms with Gasteiger partial charge in [-0.15, -0.1) is 0 Å². The molecule has 0 saturated heterocycles. The third-order valence-electron chi connectivity index (χ3n) is 2.83. The van der Waals surface area contributed by atoms with Gasteiger partial charge in [0.25, 0.3) is 0 Å². The van der Waals surface area contributed by atoms with E-state index in [4.69, 9.17) is 10.5 Å². The third kappa shape index (κ3) is 3.59. The smallest absolute Gasteiger partial charge is 0.119 e. The highest BCUT2D eigenvalue weighted by Gasteiger charge is 2.13. The molecule has 0 spiro atoms. The summed E-state index contributed by atoms with van der Waals surface area (Å²) in [4.78, 5) is 0. The van der Waals surface area contributed by atoms with Crippen LogP contribution in [0.4, 0.5) is 0 Å². The van der Waals surface area contributed by atoms with Crippen molar-refractivity contribution in [2.45, 2.75) is 13.0 Å². The first-order valence-corrected chi connectivity index (χ1v) is 7.63. The maximum absolute atomic E-state index is 6.33. The highest BCUT2D eigenvalue weighted by molar-refractivity contribution is 9.11. The second-order valence-electron chi connectivity index (χ2n) is 4.15. The van der Waals surface area contributed by atoms with E-state index in [1.54, 1.807) is 0 Å². The van der Waals surface area contributed by atoms with E-state index in [0.717, 1.165) is 25.8 Å². The molecule has 0 fully saturated rings. The average molecular weight is 385 g/mol. The molecule has 1 unspecified atom stereocenters. The van der Waals surface area contributed by atoms with Crippen molar-refractivity contribution in [3.8, 4) is 5.75 Å². The number of halogens is 2. The monoisotopic (exact) mass is 383 g/mol. The van der Waals surface area contributed by atoms with Gasteiger partial charge in [-0.25, -0.2) is 0 Å². The van der Waals surface area contributed by atoms with E-state index < -0.39 is 0 Å². The van der Waals surface area contributed by atoms with E-state index >= 15 is 0 Å². The Kier molecular flexibility index (Phi) is 5.02. The zero-order chi connectivity index (χ0) is 13.8. The molecule has 0 amide bonds. The SMILES string of the molecule is CCOc1cccc(C(N)c2ccc(Br)cc2Br)c1. The van der Waals surface area contributed by atoms with E-state index in [9.17, 15) is 0 Å². The summed E-state index contributed by atoms with van der Waals surface area (Å²) in [5.74, 6) is 0.851. The molecule has 2 N–H and O–H groups in total. The van der Waals surface area contributed by atoms with Crippen molar-refractivity contribution in [2.24, 2.45) is 5.73 Å². The molecule has 0 aliphatic rings. The standard InChI is InChI=1S/C15H15Br2NO/c1-2-19-12-5-3-4-10(8-12)15(18)13-7-6-11(16)9-14(13)17/h3-9,15H,2,18H2,1H3. The highest BCUT2D eigenvalue weighted by Crippen LogP contribution is 2.30. The van der Waals surface area contributed by atoms with Gasteiger partial charge >= 0.3 is 0 Å². The molecule has 1 atom stereocenters. The molecule has 100 valence electrons. The Hall–Kier alpha value is -0.840. The largest absolute Gasteiger partial charge is 0.494 e. The van der Waals surface area contributed by atoms with Crippen molar-refractivity contribution < 1.29 is 4.74 Å². The number of hydrogen-bond acceptors (Lipinski definition) is 2. The van der Waals surface area contributed by atoms with E-state index in [2.05, 4.69) is 31.9 Å². The van der Waals surface area contributed by atoms with Gasteiger partial charge in [-0.1, -0.05) is 50.1 Å². The van der Waals surface area contributed by atoms with Crippen molar-refractivity contribution in [3.63, 3.8) is 0 Å². The van der Waals surface area contributed by atoms with Crippen molar-refractivity contribution in [2.75, 3.05) is 6.61 Å². The van der Waals surface area contributed by atoms with Crippen molar-refractivity contribution in [1.29, 1.82) is 0 Å². The van der Waals surface area contributed by atoms with Crippen LogP contribution in [0.2, 0.25) is 0 Å². The van der Waals surface area contributed by atoms with Crippen LogP contribution in [0.5, 0.6) is 5.75 Å². The van der Waals surface area contributed by atoms with Gasteiger partial charge in [-0.2, -0.15) is 0 Å². The fraction of sp³-hybridized carbons (Fsp3) is 0.200. The Labute approximate surface area is 130 Å². The second-order valence-corrected chi connectivity index (χ2v) is 5.92. The highest BCUT2D eigenvalue weighted by atomic mass is 79.9. The van der Waals surface area contributed by atoms with Crippen LogP contribution >= 0.6 is 31.9 Å². The maximum atomic E-state index is 6.33. The fourth-order valence-electron chi connectivity index (χ4n) is 1.90. The Morgan fingerprint density at radius 1 is 1.16 bits per heavy atom. The maximum Gasteiger partial charge on any atom is 0.119 e. The molecule has 2 rings (SSSR count). The first-order valence-electron chi connectivity index (χ1n) is 6.05. The van der Waals surface area contributed by atoms with Crippen LogP contribution in [0.3, 0.4) is 0 Å². The van der Waals surface area contributed by atoms with Crippen LogP contribution in [0.25, 0.3) is 0 Å². The first-order chi connectivity index (χ1) is 9.11. The fourth-order valence-corrected chi connectivity index (χ4v) is 3.19. The summed E-state index contributed by atoms with van der Waals surface area (Å²) >= 11 is 7.00. The van der Waals surface area contributed by atoms with Crippen LogP contribution in [0.15, 0.2) is 51.4 Å². The Morgan fingerprint density at radius 2 is 1.95 bits per heavy atom. The van der Waals surface area contributed by atoms with Crippen LogP contribution < -0.4 is 10.5 Å². The predicted molar refractivity (Wildman–Crippen MR) is 85.5 cm³/mol. The lowest BCUT2D eigenvalue weighted by Gasteiger charge is -2.15. The molecule has 0 aromatic heterocycles. The summed E-state index contributed by atoms with van der Waals surface area (Å²) in [6, 6.07) is 13.7. The van der Waals surface area contributed by atoms with Crippen molar-refractivity contribution >= 4 is 31.9 Å². The minimum Gasteiger partial charge on any atom is -0.494 e. The molecule has 2 nitrogen and oxygen atoms in total. The molecule has 0 heterocycles. The quantitative estimate of drug-likeness (QED) is 0.831. The molecule has 4 heteroatoms. The number of rotatable bonds is 4. The summed E-state index contributed by atoms with van der Waals surface area (Å²) in [6.45, 7) is 2.62. The van der Waals surface area contributed by atoms with E-state index in [1.807, 2.05) is 49.4 Å². The van der Waals surface area contributed by atoms with Crippen LogP contribution in [0, 0.1) is 0 Å². The van der Waals surface area contributed by atoms with E-state index in [0.29, 0.717) is 6.61 Å². The Bertz CT molecular complexity index is 572. The summed E-state index contributed by atoms with van der Waals surface area (Å²) in [6.07, 6.45) is 0. The van der Waals surface area contributed by atoms with Crippen LogP contribution in [0.1, 0.15) is 24.1 Å². The Morgan fingerprint density at radius 3 is 2.63 bits per heavy atom. The molecule has 2 aromatic carbocycles. The average Bonchev–Trinajstić information content (AvgIpc) is 2.39. The molecule has 0 aliphatic carbocycles. The zero-order valence-electron chi connectivity index (χ0n) is 10.6. The molecule has 0 saturated carbocycles. The van der Waals surface area contributed by atoms with E-state index in [-0.39, 0.29) is 6.04 Å². The van der Waals surface area contributed by atoms with Gasteiger partial charge in [0.2, 0.25) is 0 Å². The molecular weight excluding hydrogens is 370 g/mol. The van der Waals surface area contributed by atoms with Crippen LogP contribution in [-0.2, 0) is 0 Å². The molecule has 0 bridgehead atoms. The summed E-state index contributed by atoms with van der Waals surface area (Å²) < 4.78 is 7.53. The van der Waals surface area contributed by atoms with E-state index in [1.165, 1.54) is 0 Å². The lowest BCUT2D eigenvalue weighted by molar-refractivity contribution is 0.340. The number of hydrogen-bond donors (Lipinski definition) is 1.